The van der Waals surface area contributed by atoms with E-state index in [1.54, 1.807) is 43.5 Å². The summed E-state index contributed by atoms with van der Waals surface area (Å²) >= 11 is 0. The summed E-state index contributed by atoms with van der Waals surface area (Å²) in [7, 11) is -1.26. The Balaban J connectivity index is 1.86. The molecular weight excluding hydrogens is 614 g/mol. The number of sulfonamides is 1. The van der Waals surface area contributed by atoms with Crippen LogP contribution in [0.15, 0.2) is 102 Å². The number of nitrogens with one attached hydrogen (secondary N) is 1. The summed E-state index contributed by atoms with van der Waals surface area (Å²) in [5, 5.41) is 2.97. The van der Waals surface area contributed by atoms with E-state index < -0.39 is 28.5 Å². The van der Waals surface area contributed by atoms with Gasteiger partial charge in [0.2, 0.25) is 11.8 Å². The standard InChI is InChI=1S/C37H43N3O6S/c1-26(2)38-37(42)34(23-29-11-8-7-9-12-29)39(24-30-13-10-14-31(22-30)45-5)36(41)25-40(33-21-28(4)17-20-35(33)46-6)47(43,44)32-18-15-27(3)16-19-32/h7-22,26,34H,23-25H2,1-6H3,(H,38,42)/t34-/m0/s1. The summed E-state index contributed by atoms with van der Waals surface area (Å²) in [6.45, 7) is 6.86. The normalized spacial score (nSPS) is 11.9. The van der Waals surface area contributed by atoms with Gasteiger partial charge in [-0.1, -0.05) is 66.2 Å². The molecule has 1 N–H and O–H groups in total. The summed E-state index contributed by atoms with van der Waals surface area (Å²) in [5.41, 5.74) is 3.46. The summed E-state index contributed by atoms with van der Waals surface area (Å²) < 4.78 is 40.8. The number of methoxy groups -OCH3 is 2. The molecule has 0 unspecified atom stereocenters. The van der Waals surface area contributed by atoms with E-state index in [-0.39, 0.29) is 41.2 Å². The quantitative estimate of drug-likeness (QED) is 0.187. The van der Waals surface area contributed by atoms with Crippen LogP contribution in [-0.4, -0.2) is 58.0 Å². The maximum Gasteiger partial charge on any atom is 0.264 e. The van der Waals surface area contributed by atoms with Gasteiger partial charge in [0.25, 0.3) is 10.0 Å². The molecule has 2 amide bonds. The lowest BCUT2D eigenvalue weighted by Gasteiger charge is -2.34. The largest absolute Gasteiger partial charge is 0.497 e. The minimum Gasteiger partial charge on any atom is -0.497 e. The number of ether oxygens (including phenoxy) is 2. The van der Waals surface area contributed by atoms with Crippen LogP contribution in [0, 0.1) is 13.8 Å². The third-order valence-electron chi connectivity index (χ3n) is 7.68. The van der Waals surface area contributed by atoms with E-state index in [4.69, 9.17) is 9.47 Å². The van der Waals surface area contributed by atoms with Crippen LogP contribution in [0.4, 0.5) is 5.69 Å². The number of anilines is 1. The van der Waals surface area contributed by atoms with Gasteiger partial charge in [-0.2, -0.15) is 0 Å². The molecule has 0 aromatic heterocycles. The van der Waals surface area contributed by atoms with E-state index in [1.165, 1.54) is 24.1 Å². The van der Waals surface area contributed by atoms with Gasteiger partial charge in [-0.25, -0.2) is 8.42 Å². The zero-order valence-corrected chi connectivity index (χ0v) is 28.6. The van der Waals surface area contributed by atoms with Crippen molar-refractivity contribution in [2.45, 2.75) is 57.6 Å². The molecule has 0 bridgehead atoms. The van der Waals surface area contributed by atoms with Crippen molar-refractivity contribution >= 4 is 27.5 Å². The van der Waals surface area contributed by atoms with Crippen molar-refractivity contribution < 1.29 is 27.5 Å². The van der Waals surface area contributed by atoms with Crippen molar-refractivity contribution in [2.24, 2.45) is 0 Å². The minimum absolute atomic E-state index is 0.0252. The van der Waals surface area contributed by atoms with Gasteiger partial charge in [0.05, 0.1) is 24.8 Å². The molecule has 47 heavy (non-hydrogen) atoms. The molecular formula is C37H43N3O6S. The van der Waals surface area contributed by atoms with Crippen LogP contribution in [0.1, 0.15) is 36.1 Å². The molecule has 0 aliphatic heterocycles. The molecule has 0 fully saturated rings. The fourth-order valence-corrected chi connectivity index (χ4v) is 6.66. The van der Waals surface area contributed by atoms with Crippen LogP contribution in [0.5, 0.6) is 11.5 Å². The molecule has 0 heterocycles. The monoisotopic (exact) mass is 657 g/mol. The first-order valence-electron chi connectivity index (χ1n) is 15.4. The highest BCUT2D eigenvalue weighted by Gasteiger charge is 2.36. The van der Waals surface area contributed by atoms with Crippen LogP contribution in [0.25, 0.3) is 0 Å². The molecule has 0 saturated carbocycles. The zero-order valence-electron chi connectivity index (χ0n) is 27.8. The number of hydrogen-bond acceptors (Lipinski definition) is 6. The SMILES string of the molecule is COc1cccc(CN(C(=O)CN(c2cc(C)ccc2OC)S(=O)(=O)c2ccc(C)cc2)[C@@H](Cc2ccccc2)C(=O)NC(C)C)c1. The van der Waals surface area contributed by atoms with Gasteiger partial charge in [0.15, 0.2) is 0 Å². The lowest BCUT2D eigenvalue weighted by molar-refractivity contribution is -0.140. The van der Waals surface area contributed by atoms with Crippen molar-refractivity contribution in [1.82, 2.24) is 10.2 Å². The highest BCUT2D eigenvalue weighted by Crippen LogP contribution is 2.34. The highest BCUT2D eigenvalue weighted by molar-refractivity contribution is 7.92. The number of benzene rings is 4. The number of nitrogens with zero attached hydrogens (tertiary/aromatic N) is 2. The van der Waals surface area contributed by atoms with Gasteiger partial charge in [0.1, 0.15) is 24.1 Å². The molecule has 248 valence electrons. The topological polar surface area (TPSA) is 105 Å². The van der Waals surface area contributed by atoms with Crippen LogP contribution in [0.2, 0.25) is 0 Å². The van der Waals surface area contributed by atoms with Gasteiger partial charge < -0.3 is 19.7 Å². The molecule has 0 saturated heterocycles. The second-order valence-electron chi connectivity index (χ2n) is 11.7. The first kappa shape index (κ1) is 35.0. The molecule has 10 heteroatoms. The molecule has 1 atom stereocenters. The van der Waals surface area contributed by atoms with Gasteiger partial charge in [0, 0.05) is 19.0 Å². The second kappa shape index (κ2) is 15.6. The Morgan fingerprint density at radius 2 is 1.45 bits per heavy atom. The molecule has 0 radical (unpaired) electrons. The van der Waals surface area contributed by atoms with Crippen molar-refractivity contribution in [3.05, 3.63) is 119 Å². The Morgan fingerprint density at radius 1 is 0.787 bits per heavy atom. The number of amides is 2. The summed E-state index contributed by atoms with van der Waals surface area (Å²) in [5.74, 6) is -0.0286. The van der Waals surface area contributed by atoms with Crippen molar-refractivity contribution in [2.75, 3.05) is 25.1 Å². The van der Waals surface area contributed by atoms with E-state index in [9.17, 15) is 18.0 Å². The zero-order chi connectivity index (χ0) is 34.1. The Kier molecular flexibility index (Phi) is 11.7. The Morgan fingerprint density at radius 3 is 2.09 bits per heavy atom. The Bertz CT molecular complexity index is 1780. The molecule has 4 rings (SSSR count). The summed E-state index contributed by atoms with van der Waals surface area (Å²) in [6.07, 6.45) is 0.216. The third-order valence-corrected chi connectivity index (χ3v) is 9.45. The fourth-order valence-electron chi connectivity index (χ4n) is 5.25. The molecule has 0 aliphatic carbocycles. The molecule has 0 spiro atoms. The molecule has 4 aromatic carbocycles. The van der Waals surface area contributed by atoms with Gasteiger partial charge in [-0.05, 0) is 80.8 Å². The predicted octanol–water partition coefficient (Wildman–Crippen LogP) is 5.68. The van der Waals surface area contributed by atoms with Crippen molar-refractivity contribution in [1.29, 1.82) is 0 Å². The third kappa shape index (κ3) is 8.92. The number of rotatable bonds is 14. The maximum atomic E-state index is 14.7. The van der Waals surface area contributed by atoms with Crippen LogP contribution < -0.4 is 19.1 Å². The van der Waals surface area contributed by atoms with E-state index >= 15 is 0 Å². The van der Waals surface area contributed by atoms with Crippen molar-refractivity contribution in [3.63, 3.8) is 0 Å². The average Bonchev–Trinajstić information content (AvgIpc) is 3.05. The Labute approximate surface area is 278 Å². The lowest BCUT2D eigenvalue weighted by atomic mass is 10.0. The van der Waals surface area contributed by atoms with Gasteiger partial charge in [-0.3, -0.25) is 13.9 Å². The number of carbonyl (C=O) groups excluding carboxylic acids is 2. The van der Waals surface area contributed by atoms with Crippen LogP contribution >= 0.6 is 0 Å². The van der Waals surface area contributed by atoms with E-state index in [0.29, 0.717) is 11.3 Å². The van der Waals surface area contributed by atoms with E-state index in [0.717, 1.165) is 21.0 Å². The second-order valence-corrected chi connectivity index (χ2v) is 13.6. The van der Waals surface area contributed by atoms with Crippen LogP contribution in [0.3, 0.4) is 0 Å². The van der Waals surface area contributed by atoms with E-state index in [2.05, 4.69) is 5.32 Å². The lowest BCUT2D eigenvalue weighted by Crippen LogP contribution is -2.54. The smallest absolute Gasteiger partial charge is 0.264 e. The minimum atomic E-state index is -4.27. The Hall–Kier alpha value is -4.83. The number of hydrogen-bond donors (Lipinski definition) is 1. The first-order chi connectivity index (χ1) is 22.4. The van der Waals surface area contributed by atoms with Gasteiger partial charge >= 0.3 is 0 Å². The maximum absolute atomic E-state index is 14.7. The predicted molar refractivity (Wildman–Crippen MR) is 184 cm³/mol. The number of aryl methyl sites for hydroxylation is 2. The van der Waals surface area contributed by atoms with E-state index in [1.807, 2.05) is 76.2 Å². The molecule has 0 aliphatic rings. The highest BCUT2D eigenvalue weighted by atomic mass is 32.2. The fraction of sp³-hybridized carbons (Fsp3) is 0.297. The van der Waals surface area contributed by atoms with Crippen molar-refractivity contribution in [3.8, 4) is 11.5 Å². The molecule has 4 aromatic rings. The summed E-state index contributed by atoms with van der Waals surface area (Å²) in [6, 6.07) is 27.1. The average molecular weight is 658 g/mol. The summed E-state index contributed by atoms with van der Waals surface area (Å²) in [4.78, 5) is 30.1. The molecule has 9 nitrogen and oxygen atoms in total. The van der Waals surface area contributed by atoms with Crippen LogP contribution in [-0.2, 0) is 32.6 Å². The first-order valence-corrected chi connectivity index (χ1v) is 16.9. The number of carbonyl (C=O) groups is 2. The van der Waals surface area contributed by atoms with Gasteiger partial charge in [-0.15, -0.1) is 0 Å².